The minimum Gasteiger partial charge on any atom is -0.598 e. The first-order chi connectivity index (χ1) is 11.5. The van der Waals surface area contributed by atoms with Gasteiger partial charge >= 0.3 is 0 Å². The van der Waals surface area contributed by atoms with E-state index in [0.29, 0.717) is 5.02 Å². The van der Waals surface area contributed by atoms with Crippen LogP contribution in [-0.2, 0) is 16.9 Å². The van der Waals surface area contributed by atoms with E-state index in [4.69, 9.17) is 11.6 Å². The lowest BCUT2D eigenvalue weighted by Crippen LogP contribution is -2.50. The van der Waals surface area contributed by atoms with Crippen molar-refractivity contribution in [1.82, 2.24) is 4.72 Å². The van der Waals surface area contributed by atoms with Gasteiger partial charge in [0.1, 0.15) is 4.75 Å². The number of halogens is 2. The van der Waals surface area contributed by atoms with Crippen LogP contribution in [0.2, 0.25) is 5.02 Å². The molecule has 1 fully saturated rings. The third kappa shape index (κ3) is 5.15. The molecule has 1 heterocycles. The van der Waals surface area contributed by atoms with Crippen molar-refractivity contribution in [3.05, 3.63) is 19.8 Å². The summed E-state index contributed by atoms with van der Waals surface area (Å²) in [6, 6.07) is 4.45. The van der Waals surface area contributed by atoms with Gasteiger partial charge in [-0.2, -0.15) is 5.26 Å². The Bertz CT molecular complexity index is 646. The van der Waals surface area contributed by atoms with E-state index in [1.54, 1.807) is 11.3 Å². The lowest BCUT2D eigenvalue weighted by Gasteiger charge is -2.36. The summed E-state index contributed by atoms with van der Waals surface area (Å²) in [5.41, 5.74) is -0.772. The van der Waals surface area contributed by atoms with Crippen molar-refractivity contribution < 1.29 is 4.55 Å². The molecule has 0 radical (unpaired) electrons. The first kappa shape index (κ1) is 21.5. The Kier molecular flexibility index (Phi) is 6.96. The van der Waals surface area contributed by atoms with E-state index in [1.807, 2.05) is 26.8 Å². The maximum atomic E-state index is 12.8. The Morgan fingerprint density at radius 1 is 1.40 bits per heavy atom. The van der Waals surface area contributed by atoms with Gasteiger partial charge in [-0.15, -0.1) is 16.1 Å². The summed E-state index contributed by atoms with van der Waals surface area (Å²) in [5, 5.41) is 10.4. The van der Waals surface area contributed by atoms with Crippen LogP contribution in [-0.4, -0.2) is 9.30 Å². The molecule has 1 aliphatic carbocycles. The zero-order chi connectivity index (χ0) is 18.9. The van der Waals surface area contributed by atoms with Crippen LogP contribution in [0.5, 0.6) is 0 Å². The molecule has 1 aliphatic rings. The van der Waals surface area contributed by atoms with Gasteiger partial charge in [0, 0.05) is 16.2 Å². The predicted octanol–water partition coefficient (Wildman–Crippen LogP) is 6.30. The highest BCUT2D eigenvalue weighted by atomic mass is 79.9. The van der Waals surface area contributed by atoms with E-state index in [0.717, 1.165) is 47.2 Å². The van der Waals surface area contributed by atoms with Gasteiger partial charge in [-0.3, -0.25) is 0 Å². The van der Waals surface area contributed by atoms with E-state index >= 15 is 0 Å². The fourth-order valence-electron chi connectivity index (χ4n) is 3.24. The molecule has 25 heavy (non-hydrogen) atoms. The molecule has 1 aromatic heterocycles. The van der Waals surface area contributed by atoms with Crippen LogP contribution in [0.4, 0.5) is 0 Å². The number of nitrogens with one attached hydrogen (secondary N) is 1. The highest BCUT2D eigenvalue weighted by molar-refractivity contribution is 9.11. The van der Waals surface area contributed by atoms with Crippen molar-refractivity contribution in [2.75, 3.05) is 0 Å². The lowest BCUT2D eigenvalue weighted by molar-refractivity contribution is 0.295. The van der Waals surface area contributed by atoms with Gasteiger partial charge in [-0.05, 0) is 75.4 Å². The summed E-state index contributed by atoms with van der Waals surface area (Å²) in [7, 11) is 0. The third-order valence-electron chi connectivity index (χ3n) is 4.93. The number of hydrogen-bond donors (Lipinski definition) is 1. The molecule has 1 unspecified atom stereocenters. The normalized spacial score (nSPS) is 20.9. The van der Waals surface area contributed by atoms with Gasteiger partial charge in [-0.1, -0.05) is 24.4 Å². The number of rotatable bonds is 6. The molecule has 2 atom stereocenters. The summed E-state index contributed by atoms with van der Waals surface area (Å²) in [5.74, 6) is 0. The quantitative estimate of drug-likeness (QED) is 0.502. The van der Waals surface area contributed by atoms with Gasteiger partial charge < -0.3 is 4.55 Å². The summed E-state index contributed by atoms with van der Waals surface area (Å²) in [4.78, 5) is 0.977. The molecule has 7 heteroatoms. The highest BCUT2D eigenvalue weighted by Crippen LogP contribution is 2.47. The first-order valence-electron chi connectivity index (χ1n) is 8.58. The highest BCUT2D eigenvalue weighted by Gasteiger charge is 2.42. The average Bonchev–Trinajstić information content (AvgIpc) is 3.11. The van der Waals surface area contributed by atoms with Crippen LogP contribution in [0.15, 0.2) is 9.85 Å². The fourth-order valence-corrected chi connectivity index (χ4v) is 6.48. The second-order valence-corrected chi connectivity index (χ2v) is 12.9. The SMILES string of the molecule is CC(C)(C)[S+]([O-])N[C@@](C)(CCC1(C#N)CCCC1)c1sc(Br)cc1Cl. The standard InChI is InChI=1S/C18H26BrClN2OS2/c1-16(2,3)25(23)22-17(4,15-13(20)11-14(19)24-15)9-10-18(12-21)7-5-6-8-18/h11,22H,5-10H2,1-4H3/t17-,25?/m0/s1. The largest absolute Gasteiger partial charge is 0.598 e. The molecule has 0 spiro atoms. The van der Waals surface area contributed by atoms with Crippen molar-refractivity contribution in [3.63, 3.8) is 0 Å². The molecule has 0 aromatic carbocycles. The van der Waals surface area contributed by atoms with Gasteiger partial charge in [-0.25, -0.2) is 0 Å². The van der Waals surface area contributed by atoms with Crippen LogP contribution < -0.4 is 4.72 Å². The summed E-state index contributed by atoms with van der Waals surface area (Å²) in [6.07, 6.45) is 5.69. The van der Waals surface area contributed by atoms with Crippen molar-refractivity contribution in [2.45, 2.75) is 76.5 Å². The van der Waals surface area contributed by atoms with E-state index in [2.05, 4.69) is 33.6 Å². The molecule has 140 valence electrons. The molecule has 0 saturated heterocycles. The Morgan fingerprint density at radius 3 is 2.44 bits per heavy atom. The second kappa shape index (κ2) is 8.08. The predicted molar refractivity (Wildman–Crippen MR) is 111 cm³/mol. The molecule has 1 aromatic rings. The molecule has 3 nitrogen and oxygen atoms in total. The van der Waals surface area contributed by atoms with Crippen LogP contribution in [0.1, 0.15) is 71.1 Å². The van der Waals surface area contributed by atoms with Crippen LogP contribution in [0.3, 0.4) is 0 Å². The number of thiophene rings is 1. The summed E-state index contributed by atoms with van der Waals surface area (Å²) < 4.78 is 16.7. The van der Waals surface area contributed by atoms with Crippen molar-refractivity contribution in [2.24, 2.45) is 5.41 Å². The molecule has 1 saturated carbocycles. The summed E-state index contributed by atoms with van der Waals surface area (Å²) >= 11 is 10.3. The monoisotopic (exact) mass is 464 g/mol. The minimum absolute atomic E-state index is 0.243. The maximum absolute atomic E-state index is 12.8. The van der Waals surface area contributed by atoms with E-state index in [9.17, 15) is 9.81 Å². The second-order valence-electron chi connectivity index (χ2n) is 8.14. The maximum Gasteiger partial charge on any atom is 0.136 e. The Balaban J connectivity index is 2.29. The zero-order valence-corrected chi connectivity index (χ0v) is 19.2. The number of hydrogen-bond acceptors (Lipinski definition) is 4. The van der Waals surface area contributed by atoms with E-state index < -0.39 is 16.9 Å². The molecule has 0 amide bonds. The van der Waals surface area contributed by atoms with Crippen molar-refractivity contribution in [3.8, 4) is 6.07 Å². The van der Waals surface area contributed by atoms with Gasteiger partial charge in [0.15, 0.2) is 0 Å². The molecule has 1 N–H and O–H groups in total. The van der Waals surface area contributed by atoms with E-state index in [1.165, 1.54) is 0 Å². The molecule has 0 aliphatic heterocycles. The molecular formula is C18H26BrClN2OS2. The Labute approximate surface area is 172 Å². The van der Waals surface area contributed by atoms with Crippen molar-refractivity contribution >= 4 is 50.2 Å². The first-order valence-corrected chi connectivity index (χ1v) is 11.7. The molecule has 0 bridgehead atoms. The van der Waals surface area contributed by atoms with Crippen LogP contribution >= 0.6 is 38.9 Å². The van der Waals surface area contributed by atoms with Gasteiger partial charge in [0.25, 0.3) is 0 Å². The van der Waals surface area contributed by atoms with Gasteiger partial charge in [0.05, 0.1) is 25.8 Å². The fraction of sp³-hybridized carbons (Fsp3) is 0.722. The van der Waals surface area contributed by atoms with E-state index in [-0.39, 0.29) is 10.2 Å². The third-order valence-corrected chi connectivity index (χ3v) is 8.99. The lowest BCUT2D eigenvalue weighted by atomic mass is 9.79. The molecular weight excluding hydrogens is 440 g/mol. The van der Waals surface area contributed by atoms with Gasteiger partial charge in [0.2, 0.25) is 0 Å². The number of nitrogens with zero attached hydrogens (tertiary/aromatic N) is 1. The minimum atomic E-state index is -1.22. The van der Waals surface area contributed by atoms with Crippen LogP contribution in [0, 0.1) is 16.7 Å². The molecule has 2 rings (SSSR count). The topological polar surface area (TPSA) is 58.9 Å². The van der Waals surface area contributed by atoms with Crippen molar-refractivity contribution in [1.29, 1.82) is 5.26 Å². The summed E-state index contributed by atoms with van der Waals surface area (Å²) in [6.45, 7) is 7.92. The Morgan fingerprint density at radius 2 is 2.00 bits per heavy atom. The zero-order valence-electron chi connectivity index (χ0n) is 15.2. The smallest absolute Gasteiger partial charge is 0.136 e. The Hall–Kier alpha value is 0.230. The average molecular weight is 466 g/mol. The number of nitriles is 1. The van der Waals surface area contributed by atoms with Crippen LogP contribution in [0.25, 0.3) is 0 Å².